The smallest absolute Gasteiger partial charge is 0.280 e. The molecule has 0 bridgehead atoms. The van der Waals surface area contributed by atoms with E-state index in [1.165, 1.54) is 11.8 Å². The number of amides is 1. The zero-order valence-corrected chi connectivity index (χ0v) is 20.5. The fourth-order valence-corrected chi connectivity index (χ4v) is 4.44. The Morgan fingerprint density at radius 1 is 1.09 bits per heavy atom. The summed E-state index contributed by atoms with van der Waals surface area (Å²) < 4.78 is 8.47. The number of hydrogen-bond donors (Lipinski definition) is 1. The minimum Gasteiger partial charge on any atom is -0.497 e. The Kier molecular flexibility index (Phi) is 7.02. The van der Waals surface area contributed by atoms with Crippen molar-refractivity contribution in [1.29, 1.82) is 0 Å². The molecule has 0 fully saturated rings. The zero-order chi connectivity index (χ0) is 24.2. The summed E-state index contributed by atoms with van der Waals surface area (Å²) in [6, 6.07) is 15.2. The number of thioether (sulfide) groups is 1. The molecule has 8 nitrogen and oxygen atoms in total. The summed E-state index contributed by atoms with van der Waals surface area (Å²) >= 11 is 1.24. The van der Waals surface area contributed by atoms with Gasteiger partial charge in [0.1, 0.15) is 11.3 Å². The van der Waals surface area contributed by atoms with Gasteiger partial charge in [0.05, 0.1) is 25.1 Å². The average Bonchev–Trinajstić information content (AvgIpc) is 3.17. The Hall–Kier alpha value is -3.59. The molecule has 0 aliphatic carbocycles. The average molecular weight is 478 g/mol. The molecule has 0 aliphatic heterocycles. The molecule has 2 aromatic heterocycles. The number of fused-ring (bicyclic) bond motifs is 1. The molecular weight excluding hydrogens is 450 g/mol. The highest BCUT2D eigenvalue weighted by Gasteiger charge is 2.19. The number of anilines is 1. The second-order valence-corrected chi connectivity index (χ2v) is 8.88. The van der Waals surface area contributed by atoms with E-state index in [2.05, 4.69) is 10.4 Å². The van der Waals surface area contributed by atoms with Crippen molar-refractivity contribution in [1.82, 2.24) is 19.3 Å². The molecule has 2 aromatic carbocycles. The molecule has 2 heterocycles. The molecule has 0 saturated carbocycles. The molecule has 9 heteroatoms. The summed E-state index contributed by atoms with van der Waals surface area (Å²) in [5.74, 6) is 0.638. The molecule has 4 rings (SSSR count). The van der Waals surface area contributed by atoms with E-state index in [4.69, 9.17) is 9.72 Å². The normalized spacial score (nSPS) is 11.1. The van der Waals surface area contributed by atoms with Crippen molar-refractivity contribution in [2.75, 3.05) is 18.2 Å². The first-order chi connectivity index (χ1) is 16.4. The van der Waals surface area contributed by atoms with E-state index < -0.39 is 0 Å². The van der Waals surface area contributed by atoms with Gasteiger partial charge in [-0.1, -0.05) is 41.6 Å². The van der Waals surface area contributed by atoms with Gasteiger partial charge in [-0.25, -0.2) is 4.98 Å². The fraction of sp³-hybridized carbons (Fsp3) is 0.280. The first-order valence-electron chi connectivity index (χ1n) is 11.0. The summed E-state index contributed by atoms with van der Waals surface area (Å²) in [6.45, 7) is 6.74. The maximum absolute atomic E-state index is 13.5. The lowest BCUT2D eigenvalue weighted by Crippen LogP contribution is -2.26. The number of carbonyl (C=O) groups is 1. The quantitative estimate of drug-likeness (QED) is 0.305. The number of methoxy groups -OCH3 is 1. The lowest BCUT2D eigenvalue weighted by molar-refractivity contribution is -0.113. The van der Waals surface area contributed by atoms with E-state index >= 15 is 0 Å². The molecule has 176 valence electrons. The van der Waals surface area contributed by atoms with E-state index in [1.54, 1.807) is 40.6 Å². The summed E-state index contributed by atoms with van der Waals surface area (Å²) in [4.78, 5) is 30.9. The number of ether oxygens (including phenoxy) is 1. The van der Waals surface area contributed by atoms with E-state index in [0.717, 1.165) is 11.1 Å². The van der Waals surface area contributed by atoms with Crippen LogP contribution in [0.1, 0.15) is 23.7 Å². The number of rotatable bonds is 8. The van der Waals surface area contributed by atoms with Gasteiger partial charge in [0, 0.05) is 12.2 Å². The van der Waals surface area contributed by atoms with Crippen LogP contribution in [0, 0.1) is 13.8 Å². The van der Waals surface area contributed by atoms with Gasteiger partial charge < -0.3 is 10.1 Å². The Balaban J connectivity index is 1.64. The first-order valence-corrected chi connectivity index (χ1v) is 12.0. The lowest BCUT2D eigenvalue weighted by Gasteiger charge is -2.13. The van der Waals surface area contributed by atoms with Crippen LogP contribution in [0.3, 0.4) is 0 Å². The molecule has 4 aromatic rings. The van der Waals surface area contributed by atoms with E-state index in [-0.39, 0.29) is 17.2 Å². The highest BCUT2D eigenvalue weighted by Crippen LogP contribution is 2.22. The number of nitrogens with one attached hydrogen (secondary N) is 1. The summed E-state index contributed by atoms with van der Waals surface area (Å²) in [7, 11) is 1.59. The van der Waals surface area contributed by atoms with Crippen LogP contribution in [-0.4, -0.2) is 38.1 Å². The molecule has 0 radical (unpaired) electrons. The van der Waals surface area contributed by atoms with Crippen LogP contribution in [0.4, 0.5) is 5.69 Å². The van der Waals surface area contributed by atoms with Gasteiger partial charge >= 0.3 is 0 Å². The van der Waals surface area contributed by atoms with Crippen LogP contribution in [0.2, 0.25) is 0 Å². The Bertz CT molecular complexity index is 1380. The second-order valence-electron chi connectivity index (χ2n) is 7.94. The number of benzene rings is 2. The standard InChI is InChI=1S/C25H27N5O3S/c1-5-30-23-22(17(3)28-30)27-25(29(24(23)32)14-18-8-6-16(2)7-9-18)34-15-21(31)26-19-10-12-20(33-4)13-11-19/h6-13H,5,14-15H2,1-4H3,(H,26,31). The molecule has 1 amide bonds. The summed E-state index contributed by atoms with van der Waals surface area (Å²) in [6.07, 6.45) is 0. The van der Waals surface area contributed by atoms with Crippen LogP contribution < -0.4 is 15.6 Å². The predicted molar refractivity (Wildman–Crippen MR) is 135 cm³/mol. The monoisotopic (exact) mass is 477 g/mol. The number of aryl methyl sites for hydroxylation is 3. The highest BCUT2D eigenvalue weighted by molar-refractivity contribution is 7.99. The number of carbonyl (C=O) groups excluding carboxylic acids is 1. The van der Waals surface area contributed by atoms with Crippen molar-refractivity contribution < 1.29 is 9.53 Å². The molecular formula is C25H27N5O3S. The predicted octanol–water partition coefficient (Wildman–Crippen LogP) is 4.02. The van der Waals surface area contributed by atoms with E-state index in [0.29, 0.717) is 46.4 Å². The SMILES string of the molecule is CCn1nc(C)c2nc(SCC(=O)Nc3ccc(OC)cc3)n(Cc3ccc(C)cc3)c(=O)c21. The summed E-state index contributed by atoms with van der Waals surface area (Å²) in [5, 5.41) is 7.83. The van der Waals surface area contributed by atoms with Crippen LogP contribution in [0.5, 0.6) is 5.75 Å². The molecule has 0 saturated heterocycles. The van der Waals surface area contributed by atoms with E-state index in [1.807, 2.05) is 45.0 Å². The highest BCUT2D eigenvalue weighted by atomic mass is 32.2. The van der Waals surface area contributed by atoms with Crippen LogP contribution in [-0.2, 0) is 17.9 Å². The van der Waals surface area contributed by atoms with Crippen LogP contribution in [0.15, 0.2) is 58.5 Å². The van der Waals surface area contributed by atoms with Crippen molar-refractivity contribution in [3.05, 3.63) is 75.7 Å². The molecule has 0 aliphatic rings. The number of aromatic nitrogens is 4. The topological polar surface area (TPSA) is 91.0 Å². The molecule has 0 atom stereocenters. The Morgan fingerprint density at radius 3 is 2.44 bits per heavy atom. The third-order valence-corrected chi connectivity index (χ3v) is 6.43. The van der Waals surface area contributed by atoms with Gasteiger partial charge in [0.15, 0.2) is 10.7 Å². The zero-order valence-electron chi connectivity index (χ0n) is 19.7. The van der Waals surface area contributed by atoms with Crippen molar-refractivity contribution in [3.8, 4) is 5.75 Å². The van der Waals surface area contributed by atoms with Crippen LogP contribution >= 0.6 is 11.8 Å². The van der Waals surface area contributed by atoms with Gasteiger partial charge in [0.2, 0.25) is 5.91 Å². The Morgan fingerprint density at radius 2 is 1.79 bits per heavy atom. The van der Waals surface area contributed by atoms with Gasteiger partial charge in [0.25, 0.3) is 5.56 Å². The van der Waals surface area contributed by atoms with Crippen molar-refractivity contribution in [3.63, 3.8) is 0 Å². The van der Waals surface area contributed by atoms with Crippen molar-refractivity contribution in [2.45, 2.75) is 39.0 Å². The molecule has 0 unspecified atom stereocenters. The third kappa shape index (κ3) is 4.99. The van der Waals surface area contributed by atoms with Gasteiger partial charge in [-0.05, 0) is 50.6 Å². The molecule has 0 spiro atoms. The fourth-order valence-electron chi connectivity index (χ4n) is 3.64. The third-order valence-electron chi connectivity index (χ3n) is 5.45. The minimum atomic E-state index is -0.188. The van der Waals surface area contributed by atoms with Crippen molar-refractivity contribution in [2.24, 2.45) is 0 Å². The maximum Gasteiger partial charge on any atom is 0.280 e. The first kappa shape index (κ1) is 23.6. The number of nitrogens with zero attached hydrogens (tertiary/aromatic N) is 4. The van der Waals surface area contributed by atoms with Gasteiger partial charge in [-0.15, -0.1) is 0 Å². The maximum atomic E-state index is 13.5. The van der Waals surface area contributed by atoms with Gasteiger partial charge in [-0.2, -0.15) is 5.10 Å². The second kappa shape index (κ2) is 10.1. The molecule has 1 N–H and O–H groups in total. The molecule has 34 heavy (non-hydrogen) atoms. The van der Waals surface area contributed by atoms with Crippen molar-refractivity contribution >= 4 is 34.4 Å². The minimum absolute atomic E-state index is 0.110. The number of hydrogen-bond acceptors (Lipinski definition) is 6. The van der Waals surface area contributed by atoms with Crippen LogP contribution in [0.25, 0.3) is 11.0 Å². The Labute approximate surface area is 202 Å². The lowest BCUT2D eigenvalue weighted by atomic mass is 10.1. The summed E-state index contributed by atoms with van der Waals surface area (Å²) in [5.41, 5.74) is 4.40. The largest absolute Gasteiger partial charge is 0.497 e. The van der Waals surface area contributed by atoms with E-state index in [9.17, 15) is 9.59 Å². The van der Waals surface area contributed by atoms with Gasteiger partial charge in [-0.3, -0.25) is 18.8 Å².